The predicted molar refractivity (Wildman–Crippen MR) is 73.5 cm³/mol. The maximum atomic E-state index is 6.32. The maximum absolute atomic E-state index is 6.32. The minimum Gasteiger partial charge on any atom is -0.330 e. The molecular formula is C15H25N3. The van der Waals surface area contributed by atoms with Crippen molar-refractivity contribution < 1.29 is 0 Å². The molecule has 0 aromatic carbocycles. The van der Waals surface area contributed by atoms with Crippen LogP contribution in [0.2, 0.25) is 0 Å². The summed E-state index contributed by atoms with van der Waals surface area (Å²) in [5, 5.41) is 0. The highest BCUT2D eigenvalue weighted by Gasteiger charge is 2.27. The lowest BCUT2D eigenvalue weighted by Crippen LogP contribution is -2.35. The van der Waals surface area contributed by atoms with Crippen LogP contribution in [-0.2, 0) is 0 Å². The van der Waals surface area contributed by atoms with E-state index in [0.717, 1.165) is 5.92 Å². The van der Waals surface area contributed by atoms with Crippen molar-refractivity contribution in [2.24, 2.45) is 5.73 Å². The zero-order valence-corrected chi connectivity index (χ0v) is 11.2. The summed E-state index contributed by atoms with van der Waals surface area (Å²) >= 11 is 0. The number of hydrogen-bond acceptors (Lipinski definition) is 2. The SMILES string of the molecule is NC1CCCCC1n1cncc1C1CCCCC1. The first-order valence-electron chi connectivity index (χ1n) is 7.63. The minimum atomic E-state index is 0.329. The average Bonchev–Trinajstić information content (AvgIpc) is 2.89. The van der Waals surface area contributed by atoms with Crippen LogP contribution in [0.25, 0.3) is 0 Å². The van der Waals surface area contributed by atoms with Crippen molar-refractivity contribution in [1.29, 1.82) is 0 Å². The van der Waals surface area contributed by atoms with E-state index in [-0.39, 0.29) is 0 Å². The smallest absolute Gasteiger partial charge is 0.0951 e. The molecule has 1 heterocycles. The fourth-order valence-electron chi connectivity index (χ4n) is 3.79. The minimum absolute atomic E-state index is 0.329. The van der Waals surface area contributed by atoms with Gasteiger partial charge < -0.3 is 10.3 Å². The molecule has 0 aliphatic heterocycles. The molecule has 2 aliphatic rings. The normalized spacial score (nSPS) is 30.5. The van der Waals surface area contributed by atoms with E-state index in [2.05, 4.69) is 15.7 Å². The first kappa shape index (κ1) is 12.2. The van der Waals surface area contributed by atoms with Gasteiger partial charge in [-0.1, -0.05) is 32.1 Å². The molecule has 2 N–H and O–H groups in total. The number of nitrogens with zero attached hydrogens (tertiary/aromatic N) is 2. The maximum Gasteiger partial charge on any atom is 0.0951 e. The third-order valence-electron chi connectivity index (χ3n) is 4.86. The van der Waals surface area contributed by atoms with Gasteiger partial charge in [0, 0.05) is 29.9 Å². The highest BCUT2D eigenvalue weighted by atomic mass is 15.1. The Bertz CT molecular complexity index is 379. The van der Waals surface area contributed by atoms with Crippen LogP contribution in [0.1, 0.15) is 75.4 Å². The van der Waals surface area contributed by atoms with E-state index in [1.165, 1.54) is 63.5 Å². The third kappa shape index (κ3) is 2.33. The van der Waals surface area contributed by atoms with E-state index < -0.39 is 0 Å². The quantitative estimate of drug-likeness (QED) is 0.870. The standard InChI is InChI=1S/C15H25N3/c16-13-8-4-5-9-14(13)18-11-17-10-15(18)12-6-2-1-3-7-12/h10-14H,1-9,16H2. The van der Waals surface area contributed by atoms with Gasteiger partial charge in [0.15, 0.2) is 0 Å². The Morgan fingerprint density at radius 3 is 2.50 bits per heavy atom. The molecule has 2 atom stereocenters. The van der Waals surface area contributed by atoms with Crippen molar-refractivity contribution in [3.8, 4) is 0 Å². The highest BCUT2D eigenvalue weighted by molar-refractivity contribution is 5.10. The van der Waals surface area contributed by atoms with Crippen LogP contribution < -0.4 is 5.73 Å². The fourth-order valence-corrected chi connectivity index (χ4v) is 3.79. The molecule has 0 spiro atoms. The number of nitrogens with two attached hydrogens (primary N) is 1. The van der Waals surface area contributed by atoms with Crippen LogP contribution in [-0.4, -0.2) is 15.6 Å². The third-order valence-corrected chi connectivity index (χ3v) is 4.86. The molecule has 0 saturated heterocycles. The van der Waals surface area contributed by atoms with Gasteiger partial charge in [-0.3, -0.25) is 0 Å². The molecule has 2 unspecified atom stereocenters. The zero-order valence-electron chi connectivity index (χ0n) is 11.2. The largest absolute Gasteiger partial charge is 0.330 e. The summed E-state index contributed by atoms with van der Waals surface area (Å²) in [6.07, 6.45) is 16.0. The summed E-state index contributed by atoms with van der Waals surface area (Å²) in [5.74, 6) is 0.732. The zero-order chi connectivity index (χ0) is 12.4. The summed E-state index contributed by atoms with van der Waals surface area (Å²) in [7, 11) is 0. The molecule has 3 nitrogen and oxygen atoms in total. The van der Waals surface area contributed by atoms with E-state index in [9.17, 15) is 0 Å². The number of aromatic nitrogens is 2. The van der Waals surface area contributed by atoms with Gasteiger partial charge in [0.2, 0.25) is 0 Å². The summed E-state index contributed by atoms with van der Waals surface area (Å²) < 4.78 is 2.42. The molecule has 2 saturated carbocycles. The van der Waals surface area contributed by atoms with Gasteiger partial charge in [-0.05, 0) is 25.7 Å². The van der Waals surface area contributed by atoms with Crippen molar-refractivity contribution in [3.05, 3.63) is 18.2 Å². The van der Waals surface area contributed by atoms with E-state index in [1.54, 1.807) is 0 Å². The van der Waals surface area contributed by atoms with Gasteiger partial charge >= 0.3 is 0 Å². The van der Waals surface area contributed by atoms with Gasteiger partial charge in [-0.2, -0.15) is 0 Å². The first-order chi connectivity index (χ1) is 8.86. The molecule has 3 heteroatoms. The molecule has 100 valence electrons. The van der Waals surface area contributed by atoms with Crippen LogP contribution in [0.3, 0.4) is 0 Å². The topological polar surface area (TPSA) is 43.8 Å². The van der Waals surface area contributed by atoms with E-state index in [4.69, 9.17) is 5.73 Å². The Hall–Kier alpha value is -0.830. The van der Waals surface area contributed by atoms with Gasteiger partial charge in [0.25, 0.3) is 0 Å². The summed E-state index contributed by atoms with van der Waals surface area (Å²) in [6, 6.07) is 0.827. The van der Waals surface area contributed by atoms with Crippen LogP contribution in [0.5, 0.6) is 0 Å². The summed E-state index contributed by atoms with van der Waals surface area (Å²) in [5.41, 5.74) is 7.78. The van der Waals surface area contributed by atoms with Gasteiger partial charge in [-0.15, -0.1) is 0 Å². The van der Waals surface area contributed by atoms with E-state index in [1.807, 2.05) is 6.33 Å². The lowest BCUT2D eigenvalue weighted by molar-refractivity contribution is 0.291. The lowest BCUT2D eigenvalue weighted by atomic mass is 9.85. The Morgan fingerprint density at radius 2 is 1.72 bits per heavy atom. The van der Waals surface area contributed by atoms with E-state index in [0.29, 0.717) is 12.1 Å². The number of hydrogen-bond donors (Lipinski definition) is 1. The lowest BCUT2D eigenvalue weighted by Gasteiger charge is -2.33. The monoisotopic (exact) mass is 247 g/mol. The van der Waals surface area contributed by atoms with Crippen LogP contribution in [0, 0.1) is 0 Å². The molecule has 1 aromatic heterocycles. The van der Waals surface area contributed by atoms with Crippen LogP contribution in [0.4, 0.5) is 0 Å². The van der Waals surface area contributed by atoms with Crippen molar-refractivity contribution in [2.75, 3.05) is 0 Å². The Labute approximate surface area is 110 Å². The second-order valence-electron chi connectivity index (χ2n) is 6.08. The summed E-state index contributed by atoms with van der Waals surface area (Å²) in [6.45, 7) is 0. The van der Waals surface area contributed by atoms with Crippen molar-refractivity contribution >= 4 is 0 Å². The van der Waals surface area contributed by atoms with Crippen LogP contribution in [0.15, 0.2) is 12.5 Å². The Kier molecular flexibility index (Phi) is 3.69. The molecular weight excluding hydrogens is 222 g/mol. The fraction of sp³-hybridized carbons (Fsp3) is 0.800. The molecule has 1 aromatic rings. The van der Waals surface area contributed by atoms with Crippen molar-refractivity contribution in [3.63, 3.8) is 0 Å². The molecule has 2 fully saturated rings. The van der Waals surface area contributed by atoms with Gasteiger partial charge in [0.05, 0.1) is 6.33 Å². The number of rotatable bonds is 2. The molecule has 0 radical (unpaired) electrons. The molecule has 0 amide bonds. The molecule has 3 rings (SSSR count). The van der Waals surface area contributed by atoms with Gasteiger partial charge in [-0.25, -0.2) is 4.98 Å². The van der Waals surface area contributed by atoms with E-state index >= 15 is 0 Å². The molecule has 2 aliphatic carbocycles. The van der Waals surface area contributed by atoms with Crippen molar-refractivity contribution in [1.82, 2.24) is 9.55 Å². The second kappa shape index (κ2) is 5.43. The molecule has 0 bridgehead atoms. The Morgan fingerprint density at radius 1 is 1.00 bits per heavy atom. The predicted octanol–water partition coefficient (Wildman–Crippen LogP) is 3.37. The second-order valence-corrected chi connectivity index (χ2v) is 6.08. The highest BCUT2D eigenvalue weighted by Crippen LogP contribution is 2.36. The van der Waals surface area contributed by atoms with Crippen molar-refractivity contribution in [2.45, 2.75) is 75.8 Å². The Balaban J connectivity index is 1.81. The number of imidazole rings is 1. The summed E-state index contributed by atoms with van der Waals surface area (Å²) in [4.78, 5) is 4.41. The van der Waals surface area contributed by atoms with Crippen LogP contribution >= 0.6 is 0 Å². The average molecular weight is 247 g/mol. The first-order valence-corrected chi connectivity index (χ1v) is 7.63. The van der Waals surface area contributed by atoms with Gasteiger partial charge in [0.1, 0.15) is 0 Å². The molecule has 18 heavy (non-hydrogen) atoms.